The summed E-state index contributed by atoms with van der Waals surface area (Å²) >= 11 is 3.91. The maximum absolute atomic E-state index is 13.0. The van der Waals surface area contributed by atoms with E-state index in [0.29, 0.717) is 5.56 Å². The van der Waals surface area contributed by atoms with E-state index in [1.807, 2.05) is 18.2 Å². The minimum Gasteiger partial charge on any atom is -0.480 e. The standard InChI is InChI=1S/C21H29N5O7S/c1-10(28)17(21(32)33)26-19(30)15(6-11-7-23-14-5-3-2-4-12(11)14)24-20(31)16(8-27)25-18(29)13(22)9-34/h2-5,7,10,13,15-17,23,27-28,34H,6,8-9,22H2,1H3,(H,24,31)(H,25,29)(H,26,30)(H,32,33). The van der Waals surface area contributed by atoms with Crippen molar-refractivity contribution >= 4 is 47.2 Å². The van der Waals surface area contributed by atoms with E-state index in [4.69, 9.17) is 5.73 Å². The molecule has 3 amide bonds. The number of benzene rings is 1. The van der Waals surface area contributed by atoms with Gasteiger partial charge in [0.05, 0.1) is 18.8 Å². The Balaban J connectivity index is 2.28. The number of hydrogen-bond acceptors (Lipinski definition) is 8. The second-order valence-corrected chi connectivity index (χ2v) is 8.09. The summed E-state index contributed by atoms with van der Waals surface area (Å²) in [5, 5.41) is 36.3. The number of thiol groups is 1. The van der Waals surface area contributed by atoms with Gasteiger partial charge in [-0.05, 0) is 18.6 Å². The van der Waals surface area contributed by atoms with E-state index in [-0.39, 0.29) is 12.2 Å². The minimum absolute atomic E-state index is 0.00706. The quantitative estimate of drug-likeness (QED) is 0.148. The number of carboxylic acids is 1. The van der Waals surface area contributed by atoms with Crippen LogP contribution in [0.5, 0.6) is 0 Å². The summed E-state index contributed by atoms with van der Waals surface area (Å²) in [4.78, 5) is 52.2. The van der Waals surface area contributed by atoms with Crippen LogP contribution in [0.15, 0.2) is 30.5 Å². The topological polar surface area (TPSA) is 207 Å². The molecule has 0 aliphatic carbocycles. The van der Waals surface area contributed by atoms with Crippen LogP contribution < -0.4 is 21.7 Å². The van der Waals surface area contributed by atoms with Crippen molar-refractivity contribution < 1.29 is 34.5 Å². The number of fused-ring (bicyclic) bond motifs is 1. The first-order valence-corrected chi connectivity index (χ1v) is 11.1. The molecule has 5 atom stereocenters. The van der Waals surface area contributed by atoms with E-state index in [1.165, 1.54) is 6.92 Å². The molecule has 1 aromatic heterocycles. The number of para-hydroxylation sites is 1. The molecule has 0 saturated heterocycles. The highest BCUT2D eigenvalue weighted by Crippen LogP contribution is 2.19. The summed E-state index contributed by atoms with van der Waals surface area (Å²) in [7, 11) is 0. The molecule has 1 aromatic carbocycles. The molecule has 2 aromatic rings. The van der Waals surface area contributed by atoms with Crippen LogP contribution in [0.4, 0.5) is 0 Å². The van der Waals surface area contributed by atoms with Gasteiger partial charge >= 0.3 is 5.97 Å². The Morgan fingerprint density at radius 1 is 1.06 bits per heavy atom. The van der Waals surface area contributed by atoms with Crippen molar-refractivity contribution in [3.05, 3.63) is 36.0 Å². The van der Waals surface area contributed by atoms with Crippen LogP contribution in [0.25, 0.3) is 10.9 Å². The van der Waals surface area contributed by atoms with Crippen molar-refractivity contribution in [2.75, 3.05) is 12.4 Å². The Morgan fingerprint density at radius 2 is 1.68 bits per heavy atom. The van der Waals surface area contributed by atoms with Gasteiger partial charge in [-0.2, -0.15) is 12.6 Å². The number of aromatic nitrogens is 1. The molecule has 13 heteroatoms. The molecule has 0 spiro atoms. The van der Waals surface area contributed by atoms with E-state index in [0.717, 1.165) is 10.9 Å². The lowest BCUT2D eigenvalue weighted by Gasteiger charge is -2.25. The van der Waals surface area contributed by atoms with E-state index in [2.05, 4.69) is 33.6 Å². The maximum Gasteiger partial charge on any atom is 0.328 e. The number of rotatable bonds is 12. The lowest BCUT2D eigenvalue weighted by atomic mass is 10.0. The summed E-state index contributed by atoms with van der Waals surface area (Å²) in [5.41, 5.74) is 7.02. The lowest BCUT2D eigenvalue weighted by molar-refractivity contribution is -0.145. The van der Waals surface area contributed by atoms with E-state index in [9.17, 15) is 34.5 Å². The Kier molecular flexibility index (Phi) is 9.86. The Morgan fingerprint density at radius 3 is 2.26 bits per heavy atom. The zero-order valence-corrected chi connectivity index (χ0v) is 19.3. The lowest BCUT2D eigenvalue weighted by Crippen LogP contribution is -2.59. The molecule has 34 heavy (non-hydrogen) atoms. The number of aromatic amines is 1. The minimum atomic E-state index is -1.61. The predicted octanol–water partition coefficient (Wildman–Crippen LogP) is -2.12. The number of carboxylic acid groups (broad SMARTS) is 1. The van der Waals surface area contributed by atoms with Gasteiger partial charge in [0.15, 0.2) is 6.04 Å². The molecular formula is C21H29N5O7S. The first-order valence-electron chi connectivity index (χ1n) is 10.4. The summed E-state index contributed by atoms with van der Waals surface area (Å²) in [6, 6.07) is 1.91. The number of carbonyl (C=O) groups is 4. The number of nitrogens with one attached hydrogen (secondary N) is 4. The number of H-pyrrole nitrogens is 1. The van der Waals surface area contributed by atoms with Crippen molar-refractivity contribution in [1.82, 2.24) is 20.9 Å². The third-order valence-corrected chi connectivity index (χ3v) is 5.52. The highest BCUT2D eigenvalue weighted by atomic mass is 32.1. The van der Waals surface area contributed by atoms with Crippen LogP contribution in [0.1, 0.15) is 12.5 Å². The van der Waals surface area contributed by atoms with Gasteiger partial charge in [-0.15, -0.1) is 0 Å². The third-order valence-electron chi connectivity index (χ3n) is 5.13. The number of nitrogens with two attached hydrogens (primary N) is 1. The molecule has 12 nitrogen and oxygen atoms in total. The zero-order chi connectivity index (χ0) is 25.4. The Hall–Kier alpha value is -3.13. The van der Waals surface area contributed by atoms with E-state index in [1.54, 1.807) is 12.3 Å². The first kappa shape index (κ1) is 27.1. The van der Waals surface area contributed by atoms with Crippen molar-refractivity contribution in [3.8, 4) is 0 Å². The van der Waals surface area contributed by atoms with Crippen LogP contribution in [0, 0.1) is 0 Å². The van der Waals surface area contributed by atoms with Crippen LogP contribution in [0.3, 0.4) is 0 Å². The molecule has 5 unspecified atom stereocenters. The monoisotopic (exact) mass is 495 g/mol. The van der Waals surface area contributed by atoms with Gasteiger partial charge in [0.1, 0.15) is 12.1 Å². The molecule has 1 heterocycles. The summed E-state index contributed by atoms with van der Waals surface area (Å²) < 4.78 is 0. The summed E-state index contributed by atoms with van der Waals surface area (Å²) in [6.07, 6.45) is 0.200. The molecule has 0 fully saturated rings. The molecule has 9 N–H and O–H groups in total. The smallest absolute Gasteiger partial charge is 0.328 e. The molecule has 2 rings (SSSR count). The number of carbonyl (C=O) groups excluding carboxylic acids is 3. The van der Waals surface area contributed by atoms with Gasteiger partial charge in [-0.25, -0.2) is 4.79 Å². The molecule has 0 saturated carbocycles. The molecule has 0 radical (unpaired) electrons. The summed E-state index contributed by atoms with van der Waals surface area (Å²) in [6.45, 7) is 0.429. The number of aliphatic carboxylic acids is 1. The highest BCUT2D eigenvalue weighted by Gasteiger charge is 2.32. The molecule has 0 aliphatic heterocycles. The number of aliphatic hydroxyl groups is 2. The number of aliphatic hydroxyl groups excluding tert-OH is 2. The molecule has 0 bridgehead atoms. The fraction of sp³-hybridized carbons (Fsp3) is 0.429. The van der Waals surface area contributed by atoms with E-state index < -0.39 is 60.6 Å². The van der Waals surface area contributed by atoms with Gasteiger partial charge < -0.3 is 42.0 Å². The normalized spacial score (nSPS) is 15.6. The van der Waals surface area contributed by atoms with Gasteiger partial charge in [-0.3, -0.25) is 14.4 Å². The van der Waals surface area contributed by atoms with Crippen molar-refractivity contribution in [1.29, 1.82) is 0 Å². The molecule has 186 valence electrons. The van der Waals surface area contributed by atoms with Crippen molar-refractivity contribution in [3.63, 3.8) is 0 Å². The molecule has 0 aliphatic rings. The van der Waals surface area contributed by atoms with Gasteiger partial charge in [0.2, 0.25) is 17.7 Å². The number of amides is 3. The van der Waals surface area contributed by atoms with Gasteiger partial charge in [0, 0.05) is 29.3 Å². The van der Waals surface area contributed by atoms with Crippen LogP contribution in [-0.2, 0) is 25.6 Å². The van der Waals surface area contributed by atoms with Crippen LogP contribution in [-0.4, -0.2) is 86.6 Å². The van der Waals surface area contributed by atoms with Crippen LogP contribution >= 0.6 is 12.6 Å². The first-order chi connectivity index (χ1) is 16.1. The van der Waals surface area contributed by atoms with Gasteiger partial charge in [0.25, 0.3) is 0 Å². The summed E-state index contributed by atoms with van der Waals surface area (Å²) in [5.74, 6) is -3.93. The van der Waals surface area contributed by atoms with Crippen molar-refractivity contribution in [2.24, 2.45) is 5.73 Å². The Labute approximate surface area is 200 Å². The van der Waals surface area contributed by atoms with Crippen molar-refractivity contribution in [2.45, 2.75) is 43.6 Å². The predicted molar refractivity (Wildman–Crippen MR) is 126 cm³/mol. The second kappa shape index (κ2) is 12.4. The zero-order valence-electron chi connectivity index (χ0n) is 18.4. The number of hydrogen-bond donors (Lipinski definition) is 9. The average molecular weight is 496 g/mol. The largest absolute Gasteiger partial charge is 0.480 e. The maximum atomic E-state index is 13.0. The highest BCUT2D eigenvalue weighted by molar-refractivity contribution is 7.80. The van der Waals surface area contributed by atoms with Gasteiger partial charge in [-0.1, -0.05) is 18.2 Å². The van der Waals surface area contributed by atoms with E-state index >= 15 is 0 Å². The molecular weight excluding hydrogens is 466 g/mol. The van der Waals surface area contributed by atoms with Crippen LogP contribution in [0.2, 0.25) is 0 Å². The fourth-order valence-corrected chi connectivity index (χ4v) is 3.37. The fourth-order valence-electron chi connectivity index (χ4n) is 3.20. The SMILES string of the molecule is CC(O)C(NC(=O)C(Cc1c[nH]c2ccccc12)NC(=O)C(CO)NC(=O)C(N)CS)C(=O)O. The average Bonchev–Trinajstić information content (AvgIpc) is 3.21. The third kappa shape index (κ3) is 6.93. The Bertz CT molecular complexity index is 1030. The second-order valence-electron chi connectivity index (χ2n) is 7.72.